The van der Waals surface area contributed by atoms with Gasteiger partial charge in [0.2, 0.25) is 0 Å². The van der Waals surface area contributed by atoms with Crippen molar-refractivity contribution in [2.24, 2.45) is 12.9 Å². The quantitative estimate of drug-likeness (QED) is 0.649. The van der Waals surface area contributed by atoms with Crippen LogP contribution in [0.5, 0.6) is 0 Å². The van der Waals surface area contributed by atoms with Crippen molar-refractivity contribution in [1.29, 1.82) is 0 Å². The predicted octanol–water partition coefficient (Wildman–Crippen LogP) is 1.40. The molecule has 7 heteroatoms. The fraction of sp³-hybridized carbons (Fsp3) is 0.455. The first-order chi connectivity index (χ1) is 8.54. The van der Waals surface area contributed by atoms with Gasteiger partial charge in [0.25, 0.3) is 0 Å². The third-order valence-electron chi connectivity index (χ3n) is 2.75. The Morgan fingerprint density at radius 2 is 2.17 bits per heavy atom. The summed E-state index contributed by atoms with van der Waals surface area (Å²) < 4.78 is 3.57. The van der Waals surface area contributed by atoms with Gasteiger partial charge in [-0.05, 0) is 19.9 Å². The molecule has 2 heterocycles. The van der Waals surface area contributed by atoms with E-state index < -0.39 is 0 Å². The molecule has 0 aliphatic carbocycles. The third kappa shape index (κ3) is 2.27. The highest BCUT2D eigenvalue weighted by Crippen LogP contribution is 2.28. The molecule has 98 valence electrons. The van der Waals surface area contributed by atoms with Gasteiger partial charge >= 0.3 is 0 Å². The molecule has 2 aromatic heterocycles. The maximum Gasteiger partial charge on any atom is 0.108 e. The van der Waals surface area contributed by atoms with Gasteiger partial charge in [0.1, 0.15) is 6.04 Å². The maximum atomic E-state index is 6.21. The molecule has 0 saturated carbocycles. The van der Waals surface area contributed by atoms with E-state index in [1.165, 1.54) is 0 Å². The average molecular weight is 269 g/mol. The molecule has 1 atom stereocenters. The number of rotatable bonds is 4. The molecule has 0 fully saturated rings. The van der Waals surface area contributed by atoms with E-state index in [1.807, 2.05) is 37.8 Å². The largest absolute Gasteiger partial charge is 0.275 e. The van der Waals surface area contributed by atoms with E-state index in [2.05, 4.69) is 15.6 Å². The van der Waals surface area contributed by atoms with E-state index >= 15 is 0 Å². The summed E-state index contributed by atoms with van der Waals surface area (Å²) in [5.41, 5.74) is 4.39. The van der Waals surface area contributed by atoms with Gasteiger partial charge in [-0.25, -0.2) is 5.43 Å². The molecular formula is C11H17ClN6. The summed E-state index contributed by atoms with van der Waals surface area (Å²) in [5, 5.41) is 9.21. The lowest BCUT2D eigenvalue weighted by atomic mass is 10.1. The Hall–Kier alpha value is -1.37. The molecule has 0 aromatic carbocycles. The number of hydrazine groups is 1. The minimum Gasteiger partial charge on any atom is -0.275 e. The van der Waals surface area contributed by atoms with E-state index in [9.17, 15) is 0 Å². The summed E-state index contributed by atoms with van der Waals surface area (Å²) in [5.74, 6) is 5.64. The van der Waals surface area contributed by atoms with Crippen LogP contribution >= 0.6 is 11.6 Å². The van der Waals surface area contributed by atoms with Gasteiger partial charge in [-0.15, -0.1) is 0 Å². The van der Waals surface area contributed by atoms with Crippen molar-refractivity contribution in [1.82, 2.24) is 25.0 Å². The zero-order valence-corrected chi connectivity index (χ0v) is 11.4. The van der Waals surface area contributed by atoms with Crippen molar-refractivity contribution in [2.75, 3.05) is 0 Å². The first kappa shape index (κ1) is 13.1. The van der Waals surface area contributed by atoms with Gasteiger partial charge in [-0.3, -0.25) is 15.2 Å². The van der Waals surface area contributed by atoms with Crippen LogP contribution in [-0.4, -0.2) is 19.6 Å². The van der Waals surface area contributed by atoms with Crippen molar-refractivity contribution in [3.05, 3.63) is 34.9 Å². The monoisotopic (exact) mass is 268 g/mol. The van der Waals surface area contributed by atoms with Crippen molar-refractivity contribution < 1.29 is 0 Å². The lowest BCUT2D eigenvalue weighted by Gasteiger charge is -2.18. The number of aryl methyl sites for hydroxylation is 1. The summed E-state index contributed by atoms with van der Waals surface area (Å²) in [6.45, 7) is 4.08. The number of nitrogens with two attached hydrogens (primary N) is 1. The Bertz CT molecular complexity index is 529. The highest BCUT2D eigenvalue weighted by atomic mass is 35.5. The number of hydrogen-bond donors (Lipinski definition) is 2. The molecule has 0 radical (unpaired) electrons. The molecule has 1 unspecified atom stereocenters. The minimum atomic E-state index is -0.274. The van der Waals surface area contributed by atoms with Gasteiger partial charge < -0.3 is 0 Å². The molecule has 0 aliphatic heterocycles. The third-order valence-corrected chi connectivity index (χ3v) is 3.04. The fourth-order valence-corrected chi connectivity index (χ4v) is 2.16. The maximum absolute atomic E-state index is 6.21. The highest BCUT2D eigenvalue weighted by Gasteiger charge is 2.24. The normalized spacial score (nSPS) is 13.2. The molecule has 3 N–H and O–H groups in total. The lowest BCUT2D eigenvalue weighted by molar-refractivity contribution is 0.471. The number of nitrogens with zero attached hydrogens (tertiary/aromatic N) is 4. The van der Waals surface area contributed by atoms with Crippen molar-refractivity contribution in [2.45, 2.75) is 25.9 Å². The van der Waals surface area contributed by atoms with Crippen LogP contribution in [0.15, 0.2) is 18.5 Å². The molecule has 0 spiro atoms. The van der Waals surface area contributed by atoms with Crippen LogP contribution in [0.2, 0.25) is 5.02 Å². The summed E-state index contributed by atoms with van der Waals surface area (Å²) in [7, 11) is 1.86. The van der Waals surface area contributed by atoms with E-state index in [-0.39, 0.29) is 12.1 Å². The molecule has 2 rings (SSSR count). The molecule has 0 amide bonds. The van der Waals surface area contributed by atoms with Crippen molar-refractivity contribution in [3.8, 4) is 0 Å². The second-order valence-electron chi connectivity index (χ2n) is 4.43. The Kier molecular flexibility index (Phi) is 3.70. The number of hydrogen-bond acceptors (Lipinski definition) is 4. The van der Waals surface area contributed by atoms with Crippen molar-refractivity contribution in [3.63, 3.8) is 0 Å². The van der Waals surface area contributed by atoms with E-state index in [0.717, 1.165) is 11.4 Å². The Morgan fingerprint density at radius 1 is 1.44 bits per heavy atom. The van der Waals surface area contributed by atoms with Crippen LogP contribution < -0.4 is 11.3 Å². The SMILES string of the molecule is CC(C)n1ncc(Cl)c1C(NN)c1ccn(C)n1. The summed E-state index contributed by atoms with van der Waals surface area (Å²) in [6, 6.07) is 1.83. The molecule has 2 aromatic rings. The zero-order chi connectivity index (χ0) is 13.3. The van der Waals surface area contributed by atoms with Crippen molar-refractivity contribution >= 4 is 11.6 Å². The molecule has 18 heavy (non-hydrogen) atoms. The number of halogens is 1. The Labute approximate surface area is 111 Å². The second-order valence-corrected chi connectivity index (χ2v) is 4.84. The minimum absolute atomic E-state index is 0.201. The number of aromatic nitrogens is 4. The summed E-state index contributed by atoms with van der Waals surface area (Å²) in [6.07, 6.45) is 3.49. The van der Waals surface area contributed by atoms with Crippen LogP contribution in [0.1, 0.15) is 37.3 Å². The smallest absolute Gasteiger partial charge is 0.108 e. The second kappa shape index (κ2) is 5.09. The molecule has 0 bridgehead atoms. The predicted molar refractivity (Wildman–Crippen MR) is 70.0 cm³/mol. The van der Waals surface area contributed by atoms with Gasteiger partial charge in [0.05, 0.1) is 22.6 Å². The zero-order valence-electron chi connectivity index (χ0n) is 10.6. The van der Waals surface area contributed by atoms with E-state index in [1.54, 1.807) is 10.9 Å². The van der Waals surface area contributed by atoms with Gasteiger partial charge in [-0.2, -0.15) is 10.2 Å². The topological polar surface area (TPSA) is 73.7 Å². The van der Waals surface area contributed by atoms with E-state index in [4.69, 9.17) is 17.4 Å². The molecular weight excluding hydrogens is 252 g/mol. The Morgan fingerprint density at radius 3 is 2.67 bits per heavy atom. The van der Waals surface area contributed by atoms with Crippen LogP contribution in [-0.2, 0) is 7.05 Å². The van der Waals surface area contributed by atoms with Gasteiger partial charge in [0.15, 0.2) is 0 Å². The van der Waals surface area contributed by atoms with Gasteiger partial charge in [0, 0.05) is 19.3 Å². The standard InChI is InChI=1S/C11H17ClN6/c1-7(2)18-11(8(12)6-14-18)10(15-13)9-4-5-17(3)16-9/h4-7,10,15H,13H2,1-3H3. The summed E-state index contributed by atoms with van der Waals surface area (Å²) in [4.78, 5) is 0. The van der Waals surface area contributed by atoms with Gasteiger partial charge in [-0.1, -0.05) is 11.6 Å². The summed E-state index contributed by atoms with van der Waals surface area (Å²) >= 11 is 6.21. The first-order valence-electron chi connectivity index (χ1n) is 5.73. The molecule has 0 aliphatic rings. The van der Waals surface area contributed by atoms with Crippen LogP contribution in [0.3, 0.4) is 0 Å². The van der Waals surface area contributed by atoms with Crippen LogP contribution in [0, 0.1) is 0 Å². The highest BCUT2D eigenvalue weighted by molar-refractivity contribution is 6.31. The molecule has 0 saturated heterocycles. The first-order valence-corrected chi connectivity index (χ1v) is 6.11. The number of nitrogens with one attached hydrogen (secondary N) is 1. The van der Waals surface area contributed by atoms with E-state index in [0.29, 0.717) is 5.02 Å². The fourth-order valence-electron chi connectivity index (χ4n) is 1.92. The Balaban J connectivity index is 2.47. The lowest BCUT2D eigenvalue weighted by Crippen LogP contribution is -2.31. The van der Waals surface area contributed by atoms with Crippen LogP contribution in [0.25, 0.3) is 0 Å². The average Bonchev–Trinajstić information content (AvgIpc) is 2.88. The molecule has 6 nitrogen and oxygen atoms in total. The van der Waals surface area contributed by atoms with Crippen LogP contribution in [0.4, 0.5) is 0 Å².